The molecule has 1 amide bonds. The summed E-state index contributed by atoms with van der Waals surface area (Å²) in [4.78, 5) is 31.8. The van der Waals surface area contributed by atoms with Crippen molar-refractivity contribution in [1.82, 2.24) is 25.4 Å². The number of carboxylic acids is 1. The third kappa shape index (κ3) is 5.88. The number of aliphatic carboxylic acids is 1. The van der Waals surface area contributed by atoms with Gasteiger partial charge in [0.05, 0.1) is 37.9 Å². The van der Waals surface area contributed by atoms with Crippen molar-refractivity contribution < 1.29 is 24.2 Å². The summed E-state index contributed by atoms with van der Waals surface area (Å²) in [7, 11) is 2.00. The van der Waals surface area contributed by atoms with Crippen LogP contribution in [0.3, 0.4) is 0 Å². The van der Waals surface area contributed by atoms with E-state index in [1.807, 2.05) is 25.6 Å². The van der Waals surface area contributed by atoms with Crippen molar-refractivity contribution in [2.75, 3.05) is 26.9 Å². The van der Waals surface area contributed by atoms with E-state index in [1.165, 1.54) is 11.9 Å². The van der Waals surface area contributed by atoms with Gasteiger partial charge in [0.15, 0.2) is 0 Å². The standard InChI is InChI=1S/C43H71N5O5/c1-25(2)28(7)38(8)18-19-40(10)29-14-15-32-39(9)21-52-23-43(32,30(29)16-17-41(40,11)33(38)37(50)51)20-31(34(39)53-22-42(12,44-13)26(3)4)48-35(45-24-46-48)36(49)47-27(5)6/h16,24-29,31-34,44H,14-15,17-23H2,1-13H3,(H,47,49)(H,50,51)/t28-,29+,31-,32+,33-,34+,38-,39-,40-,41+,42+,43+/m1/s1. The Balaban J connectivity index is 1.48. The van der Waals surface area contributed by atoms with E-state index in [0.29, 0.717) is 49.3 Å². The van der Waals surface area contributed by atoms with Gasteiger partial charge >= 0.3 is 5.97 Å². The molecule has 12 atom stereocenters. The smallest absolute Gasteiger partial charge is 0.307 e. The number of ether oxygens (including phenoxy) is 2. The van der Waals surface area contributed by atoms with Crippen LogP contribution in [0.15, 0.2) is 18.0 Å². The Labute approximate surface area is 319 Å². The van der Waals surface area contributed by atoms with Gasteiger partial charge in [-0.1, -0.05) is 74.0 Å². The number of fused-ring (bicyclic) bond motifs is 3. The minimum absolute atomic E-state index is 0.0428. The average Bonchev–Trinajstić information content (AvgIpc) is 3.57. The summed E-state index contributed by atoms with van der Waals surface area (Å²) < 4.78 is 15.8. The average molecular weight is 738 g/mol. The highest BCUT2D eigenvalue weighted by molar-refractivity contribution is 5.90. The first-order valence-corrected chi connectivity index (χ1v) is 20.7. The SMILES string of the molecule is CN[C@@](C)(CO[C@H]1[C@H](n2ncnc2C(=O)NC(C)C)C[C@@]23COC[C@]1(C)[C@@H]2CC[C@H]1C3=CC[C@@]2(C)[C@H](C(=O)O)[C@@](C)([C@H](C)C(C)C)CC[C@]12C)C(C)C. The van der Waals surface area contributed by atoms with Gasteiger partial charge in [-0.05, 0) is 112 Å². The number of allylic oxidation sites excluding steroid dienone is 1. The molecule has 1 aliphatic heterocycles. The lowest BCUT2D eigenvalue weighted by molar-refractivity contribution is -0.253. The summed E-state index contributed by atoms with van der Waals surface area (Å²) in [6, 6.07) is -0.295. The van der Waals surface area contributed by atoms with E-state index in [2.05, 4.69) is 90.9 Å². The number of nitrogens with one attached hydrogen (secondary N) is 2. The largest absolute Gasteiger partial charge is 0.481 e. The van der Waals surface area contributed by atoms with Crippen molar-refractivity contribution in [2.24, 2.45) is 62.6 Å². The summed E-state index contributed by atoms with van der Waals surface area (Å²) >= 11 is 0. The molecule has 2 bridgehead atoms. The zero-order valence-corrected chi connectivity index (χ0v) is 35.1. The number of hydrogen-bond acceptors (Lipinski definition) is 7. The summed E-state index contributed by atoms with van der Waals surface area (Å²) in [5.41, 5.74) is -0.320. The van der Waals surface area contributed by atoms with Gasteiger partial charge in [-0.15, -0.1) is 0 Å². The quantitative estimate of drug-likeness (QED) is 0.199. The molecule has 1 aromatic rings. The Kier molecular flexibility index (Phi) is 10.4. The fourth-order valence-electron chi connectivity index (χ4n) is 12.9. The van der Waals surface area contributed by atoms with Crippen LogP contribution in [0.4, 0.5) is 0 Å². The van der Waals surface area contributed by atoms with Crippen LogP contribution in [0.1, 0.15) is 138 Å². The third-order valence-corrected chi connectivity index (χ3v) is 17.0. The monoisotopic (exact) mass is 738 g/mol. The molecular formula is C43H71N5O5. The van der Waals surface area contributed by atoms with Gasteiger partial charge in [-0.3, -0.25) is 9.59 Å². The summed E-state index contributed by atoms with van der Waals surface area (Å²) in [6.07, 6.45) is 9.17. The van der Waals surface area contributed by atoms with Crippen LogP contribution in [0.2, 0.25) is 0 Å². The van der Waals surface area contributed by atoms with Gasteiger partial charge in [0, 0.05) is 22.4 Å². The molecule has 53 heavy (non-hydrogen) atoms. The van der Waals surface area contributed by atoms with Crippen LogP contribution in [0, 0.1) is 62.6 Å². The number of amides is 1. The predicted octanol–water partition coefficient (Wildman–Crippen LogP) is 7.57. The molecule has 0 spiro atoms. The lowest BCUT2D eigenvalue weighted by Gasteiger charge is -2.71. The van der Waals surface area contributed by atoms with E-state index in [9.17, 15) is 14.7 Å². The molecule has 0 radical (unpaired) electrons. The molecule has 1 aromatic heterocycles. The normalized spacial score (nSPS) is 41.2. The number of carbonyl (C=O) groups excluding carboxylic acids is 1. The molecule has 10 nitrogen and oxygen atoms in total. The molecule has 3 N–H and O–H groups in total. The van der Waals surface area contributed by atoms with E-state index in [4.69, 9.17) is 14.6 Å². The highest BCUT2D eigenvalue weighted by Crippen LogP contribution is 2.75. The predicted molar refractivity (Wildman–Crippen MR) is 207 cm³/mol. The Morgan fingerprint density at radius 3 is 2.36 bits per heavy atom. The number of carboxylic acid groups (broad SMARTS) is 1. The Hall–Kier alpha value is -2.30. The van der Waals surface area contributed by atoms with Gasteiger partial charge < -0.3 is 25.2 Å². The molecule has 5 aliphatic rings. The lowest BCUT2D eigenvalue weighted by atomic mass is 9.34. The minimum Gasteiger partial charge on any atom is -0.481 e. The minimum atomic E-state index is -0.642. The van der Waals surface area contributed by atoms with E-state index in [-0.39, 0.29) is 57.2 Å². The fourth-order valence-corrected chi connectivity index (χ4v) is 12.9. The second-order valence-corrected chi connectivity index (χ2v) is 20.3. The van der Waals surface area contributed by atoms with Crippen LogP contribution in [0.5, 0.6) is 0 Å². The van der Waals surface area contributed by atoms with Crippen molar-refractivity contribution in [1.29, 1.82) is 0 Å². The number of aromatic nitrogens is 3. The zero-order valence-electron chi connectivity index (χ0n) is 35.1. The molecule has 4 aliphatic carbocycles. The molecule has 3 saturated carbocycles. The molecule has 1 saturated heterocycles. The first-order chi connectivity index (χ1) is 24.7. The molecule has 10 heteroatoms. The van der Waals surface area contributed by atoms with Crippen LogP contribution >= 0.6 is 0 Å². The van der Waals surface area contributed by atoms with Gasteiger partial charge in [0.25, 0.3) is 5.91 Å². The first-order valence-electron chi connectivity index (χ1n) is 20.7. The molecule has 0 aromatic carbocycles. The Morgan fingerprint density at radius 1 is 1.06 bits per heavy atom. The number of hydrogen-bond donors (Lipinski definition) is 3. The fraction of sp³-hybridized carbons (Fsp3) is 0.860. The van der Waals surface area contributed by atoms with Crippen molar-refractivity contribution in [3.63, 3.8) is 0 Å². The molecule has 0 unspecified atom stereocenters. The molecular weight excluding hydrogens is 667 g/mol. The van der Waals surface area contributed by atoms with Crippen molar-refractivity contribution in [3.8, 4) is 0 Å². The van der Waals surface area contributed by atoms with Crippen LogP contribution in [-0.2, 0) is 14.3 Å². The first kappa shape index (κ1) is 40.4. The maximum atomic E-state index is 13.7. The third-order valence-electron chi connectivity index (χ3n) is 17.0. The van der Waals surface area contributed by atoms with E-state index < -0.39 is 17.3 Å². The van der Waals surface area contributed by atoms with E-state index >= 15 is 0 Å². The number of likely N-dealkylation sites (N-methyl/N-ethyl adjacent to an activating group) is 1. The Bertz CT molecular complexity index is 1590. The topological polar surface area (TPSA) is 128 Å². The maximum absolute atomic E-state index is 13.7. The molecule has 298 valence electrons. The summed E-state index contributed by atoms with van der Waals surface area (Å²) in [5.74, 6) is 0.578. The van der Waals surface area contributed by atoms with E-state index in [1.54, 1.807) is 0 Å². The molecule has 2 heterocycles. The Morgan fingerprint density at radius 2 is 1.75 bits per heavy atom. The van der Waals surface area contributed by atoms with Crippen molar-refractivity contribution in [2.45, 2.75) is 145 Å². The second kappa shape index (κ2) is 13.7. The summed E-state index contributed by atoms with van der Waals surface area (Å²) in [5, 5.41) is 22.5. The number of nitrogens with zero attached hydrogens (tertiary/aromatic N) is 3. The number of rotatable bonds is 11. The molecule has 6 rings (SSSR count). The van der Waals surface area contributed by atoms with E-state index in [0.717, 1.165) is 38.5 Å². The van der Waals surface area contributed by atoms with Crippen LogP contribution in [0.25, 0.3) is 0 Å². The van der Waals surface area contributed by atoms with Crippen LogP contribution in [-0.4, -0.2) is 76.3 Å². The van der Waals surface area contributed by atoms with Crippen molar-refractivity contribution >= 4 is 11.9 Å². The highest BCUT2D eigenvalue weighted by atomic mass is 16.5. The van der Waals surface area contributed by atoms with Gasteiger partial charge in [0.2, 0.25) is 5.82 Å². The van der Waals surface area contributed by atoms with Crippen LogP contribution < -0.4 is 10.6 Å². The zero-order chi connectivity index (χ0) is 39.1. The number of carbonyl (C=O) groups is 2. The van der Waals surface area contributed by atoms with Gasteiger partial charge in [-0.25, -0.2) is 9.67 Å². The van der Waals surface area contributed by atoms with Crippen molar-refractivity contribution in [3.05, 3.63) is 23.8 Å². The summed E-state index contributed by atoms with van der Waals surface area (Å²) in [6.45, 7) is 28.4. The lowest BCUT2D eigenvalue weighted by Crippen LogP contribution is -2.69. The second-order valence-electron chi connectivity index (χ2n) is 20.3. The van der Waals surface area contributed by atoms with Gasteiger partial charge in [-0.2, -0.15) is 5.10 Å². The maximum Gasteiger partial charge on any atom is 0.307 e. The van der Waals surface area contributed by atoms with Gasteiger partial charge in [0.1, 0.15) is 6.33 Å². The molecule has 4 fully saturated rings. The highest BCUT2D eigenvalue weighted by Gasteiger charge is 2.72.